The average molecular weight is 352 g/mol. The normalized spacial score (nSPS) is 18.2. The Morgan fingerprint density at radius 2 is 2.19 bits per heavy atom. The molecule has 2 rings (SSSR count). The van der Waals surface area contributed by atoms with Crippen LogP contribution in [0.5, 0.6) is 5.75 Å². The van der Waals surface area contributed by atoms with Crippen LogP contribution in [0.25, 0.3) is 6.08 Å². The highest BCUT2D eigenvalue weighted by Crippen LogP contribution is 2.27. The van der Waals surface area contributed by atoms with E-state index in [1.54, 1.807) is 0 Å². The largest absolute Gasteiger partial charge is 0.492 e. The number of hydrogen-bond acceptors (Lipinski definition) is 3. The fourth-order valence-corrected chi connectivity index (χ4v) is 2.87. The zero-order chi connectivity index (χ0) is 15.2. The second kappa shape index (κ2) is 7.76. The van der Waals surface area contributed by atoms with Crippen molar-refractivity contribution in [2.45, 2.75) is 26.7 Å². The lowest BCUT2D eigenvalue weighted by molar-refractivity contribution is -0.117. The molecule has 1 aliphatic heterocycles. The molecule has 1 aliphatic rings. The summed E-state index contributed by atoms with van der Waals surface area (Å²) in [5.74, 6) is 1.12. The van der Waals surface area contributed by atoms with Crippen molar-refractivity contribution < 1.29 is 9.53 Å². The van der Waals surface area contributed by atoms with Crippen LogP contribution in [-0.2, 0) is 4.79 Å². The number of ether oxygens (including phenoxy) is 1. The molecule has 0 radical (unpaired) electrons. The van der Waals surface area contributed by atoms with Gasteiger partial charge in [0, 0.05) is 25.1 Å². The van der Waals surface area contributed by atoms with Crippen LogP contribution >= 0.6 is 15.9 Å². The first-order valence-electron chi connectivity index (χ1n) is 7.52. The molecule has 0 saturated carbocycles. The Balaban J connectivity index is 2.16. The number of likely N-dealkylation sites (N-methyl/N-ethyl adjacent to an activating group) is 1. The van der Waals surface area contributed by atoms with Crippen LogP contribution in [-0.4, -0.2) is 36.9 Å². The SMILES string of the molecule is CCCOc1ccc(/C=C2\CN(CC)CCC2=O)cc1Br. The molecule has 1 aromatic carbocycles. The van der Waals surface area contributed by atoms with Gasteiger partial charge in [0.2, 0.25) is 0 Å². The van der Waals surface area contributed by atoms with Crippen molar-refractivity contribution in [3.8, 4) is 5.75 Å². The summed E-state index contributed by atoms with van der Waals surface area (Å²) < 4.78 is 6.58. The van der Waals surface area contributed by atoms with Gasteiger partial charge in [0.1, 0.15) is 5.75 Å². The summed E-state index contributed by atoms with van der Waals surface area (Å²) in [6.07, 6.45) is 3.61. The topological polar surface area (TPSA) is 29.5 Å². The van der Waals surface area contributed by atoms with E-state index in [0.717, 1.165) is 47.4 Å². The molecule has 1 fully saturated rings. The third kappa shape index (κ3) is 4.42. The van der Waals surface area contributed by atoms with Crippen LogP contribution in [0.4, 0.5) is 0 Å². The van der Waals surface area contributed by atoms with Crippen LogP contribution in [0.15, 0.2) is 28.2 Å². The third-order valence-corrected chi connectivity index (χ3v) is 4.23. The number of rotatable bonds is 5. The number of likely N-dealkylation sites (tertiary alicyclic amines) is 1. The molecule has 4 heteroatoms. The second-order valence-corrected chi connectivity index (χ2v) is 6.10. The molecule has 0 aliphatic carbocycles. The number of halogens is 1. The van der Waals surface area contributed by atoms with Crippen molar-refractivity contribution in [2.75, 3.05) is 26.2 Å². The van der Waals surface area contributed by atoms with Gasteiger partial charge in [0.25, 0.3) is 0 Å². The molecule has 0 unspecified atom stereocenters. The predicted octanol–water partition coefficient (Wildman–Crippen LogP) is 3.92. The molecule has 1 saturated heterocycles. The lowest BCUT2D eigenvalue weighted by Crippen LogP contribution is -2.35. The van der Waals surface area contributed by atoms with Crippen molar-refractivity contribution in [1.29, 1.82) is 0 Å². The van der Waals surface area contributed by atoms with E-state index < -0.39 is 0 Å². The molecule has 0 aromatic heterocycles. The second-order valence-electron chi connectivity index (χ2n) is 5.25. The molecule has 1 aromatic rings. The Morgan fingerprint density at radius 1 is 1.38 bits per heavy atom. The number of carbonyl (C=O) groups excluding carboxylic acids is 1. The number of benzene rings is 1. The summed E-state index contributed by atoms with van der Waals surface area (Å²) in [5, 5.41) is 0. The van der Waals surface area contributed by atoms with E-state index in [1.165, 1.54) is 0 Å². The van der Waals surface area contributed by atoms with E-state index in [1.807, 2.05) is 24.3 Å². The fraction of sp³-hybridized carbons (Fsp3) is 0.471. The smallest absolute Gasteiger partial charge is 0.161 e. The van der Waals surface area contributed by atoms with Crippen molar-refractivity contribution in [2.24, 2.45) is 0 Å². The summed E-state index contributed by atoms with van der Waals surface area (Å²) in [7, 11) is 0. The molecule has 0 spiro atoms. The highest BCUT2D eigenvalue weighted by Gasteiger charge is 2.20. The zero-order valence-electron chi connectivity index (χ0n) is 12.7. The lowest BCUT2D eigenvalue weighted by atomic mass is 10.0. The first-order chi connectivity index (χ1) is 10.1. The van der Waals surface area contributed by atoms with Crippen molar-refractivity contribution in [3.63, 3.8) is 0 Å². The molecule has 0 N–H and O–H groups in total. The van der Waals surface area contributed by atoms with Gasteiger partial charge < -0.3 is 4.74 Å². The summed E-state index contributed by atoms with van der Waals surface area (Å²) in [6, 6.07) is 5.97. The summed E-state index contributed by atoms with van der Waals surface area (Å²) in [5.41, 5.74) is 1.93. The van der Waals surface area contributed by atoms with E-state index in [9.17, 15) is 4.79 Å². The Labute approximate surface area is 135 Å². The predicted molar refractivity (Wildman–Crippen MR) is 89.6 cm³/mol. The van der Waals surface area contributed by atoms with E-state index >= 15 is 0 Å². The van der Waals surface area contributed by atoms with Crippen LogP contribution < -0.4 is 4.74 Å². The summed E-state index contributed by atoms with van der Waals surface area (Å²) in [6.45, 7) is 7.53. The van der Waals surface area contributed by atoms with Gasteiger partial charge in [-0.1, -0.05) is 19.9 Å². The van der Waals surface area contributed by atoms with Crippen LogP contribution in [0.2, 0.25) is 0 Å². The van der Waals surface area contributed by atoms with Crippen LogP contribution in [0, 0.1) is 0 Å². The highest BCUT2D eigenvalue weighted by molar-refractivity contribution is 9.10. The van der Waals surface area contributed by atoms with E-state index in [0.29, 0.717) is 13.0 Å². The van der Waals surface area contributed by atoms with E-state index in [2.05, 4.69) is 34.7 Å². The molecule has 0 bridgehead atoms. The number of Topliss-reactive ketones (excluding diaryl/α,β-unsaturated/α-hetero) is 1. The molecule has 1 heterocycles. The summed E-state index contributed by atoms with van der Waals surface area (Å²) >= 11 is 3.53. The average Bonchev–Trinajstić information content (AvgIpc) is 2.49. The first kappa shape index (κ1) is 16.2. The maximum atomic E-state index is 12.0. The Bertz CT molecular complexity index is 540. The molecular weight excluding hydrogens is 330 g/mol. The number of ketones is 1. The van der Waals surface area contributed by atoms with Gasteiger partial charge in [-0.3, -0.25) is 9.69 Å². The van der Waals surface area contributed by atoms with Gasteiger partial charge in [0.15, 0.2) is 5.78 Å². The monoisotopic (exact) mass is 351 g/mol. The minimum Gasteiger partial charge on any atom is -0.492 e. The number of nitrogens with zero attached hydrogens (tertiary/aromatic N) is 1. The Kier molecular flexibility index (Phi) is 6.00. The maximum Gasteiger partial charge on any atom is 0.161 e. The van der Waals surface area contributed by atoms with Crippen LogP contribution in [0.1, 0.15) is 32.3 Å². The molecule has 114 valence electrons. The molecule has 3 nitrogen and oxygen atoms in total. The van der Waals surface area contributed by atoms with Gasteiger partial charge >= 0.3 is 0 Å². The lowest BCUT2D eigenvalue weighted by Gasteiger charge is -2.26. The third-order valence-electron chi connectivity index (χ3n) is 3.61. The number of piperidine rings is 1. The molecule has 0 atom stereocenters. The highest BCUT2D eigenvalue weighted by atomic mass is 79.9. The Morgan fingerprint density at radius 3 is 2.86 bits per heavy atom. The van der Waals surface area contributed by atoms with E-state index in [-0.39, 0.29) is 5.78 Å². The fourth-order valence-electron chi connectivity index (χ4n) is 2.36. The van der Waals surface area contributed by atoms with Crippen molar-refractivity contribution in [1.82, 2.24) is 4.90 Å². The minimum atomic E-state index is 0.266. The molecular formula is C17H22BrNO2. The van der Waals surface area contributed by atoms with Gasteiger partial charge in [-0.2, -0.15) is 0 Å². The molecule has 21 heavy (non-hydrogen) atoms. The van der Waals surface area contributed by atoms with Gasteiger partial charge in [-0.25, -0.2) is 0 Å². The zero-order valence-corrected chi connectivity index (χ0v) is 14.3. The molecule has 0 amide bonds. The quantitative estimate of drug-likeness (QED) is 0.753. The van der Waals surface area contributed by atoms with Crippen molar-refractivity contribution >= 4 is 27.8 Å². The van der Waals surface area contributed by atoms with E-state index in [4.69, 9.17) is 4.74 Å². The summed E-state index contributed by atoms with van der Waals surface area (Å²) in [4.78, 5) is 14.3. The number of hydrogen-bond donors (Lipinski definition) is 0. The Hall–Kier alpha value is -1.13. The van der Waals surface area contributed by atoms with Gasteiger partial charge in [-0.15, -0.1) is 0 Å². The number of carbonyl (C=O) groups is 1. The minimum absolute atomic E-state index is 0.266. The standard InChI is InChI=1S/C17H22BrNO2/c1-3-9-21-17-6-5-13(11-15(17)18)10-14-12-19(4-2)8-7-16(14)20/h5-6,10-11H,3-4,7-9,12H2,1-2H3/b14-10+. The van der Waals surface area contributed by atoms with Gasteiger partial charge in [-0.05, 0) is 52.7 Å². The van der Waals surface area contributed by atoms with Crippen molar-refractivity contribution in [3.05, 3.63) is 33.8 Å². The van der Waals surface area contributed by atoms with Crippen LogP contribution in [0.3, 0.4) is 0 Å². The first-order valence-corrected chi connectivity index (χ1v) is 8.31. The maximum absolute atomic E-state index is 12.0. The van der Waals surface area contributed by atoms with Gasteiger partial charge in [0.05, 0.1) is 11.1 Å².